The third-order valence-electron chi connectivity index (χ3n) is 6.76. The number of hydrogen-bond acceptors (Lipinski definition) is 6. The van der Waals surface area contributed by atoms with Crippen molar-refractivity contribution in [3.63, 3.8) is 0 Å². The first-order valence-electron chi connectivity index (χ1n) is 11.6. The minimum atomic E-state index is -1.39. The number of rotatable bonds is 7. The molecule has 1 aliphatic heterocycles. The number of aliphatic hydroxyl groups excluding tert-OH is 3. The van der Waals surface area contributed by atoms with E-state index in [1.165, 1.54) is 0 Å². The van der Waals surface area contributed by atoms with Crippen LogP contribution in [0.1, 0.15) is 37.9 Å². The van der Waals surface area contributed by atoms with Crippen molar-refractivity contribution in [1.82, 2.24) is 4.98 Å². The van der Waals surface area contributed by atoms with Crippen LogP contribution < -0.4 is 5.73 Å². The van der Waals surface area contributed by atoms with Gasteiger partial charge in [0.05, 0.1) is 0 Å². The van der Waals surface area contributed by atoms with E-state index in [9.17, 15) is 20.1 Å². The summed E-state index contributed by atoms with van der Waals surface area (Å²) in [5.41, 5.74) is 6.77. The molecule has 7 nitrogen and oxygen atoms in total. The summed E-state index contributed by atoms with van der Waals surface area (Å²) in [5, 5.41) is 34.3. The Morgan fingerprint density at radius 2 is 1.33 bits per heavy atom. The molecule has 0 saturated carbocycles. The van der Waals surface area contributed by atoms with Gasteiger partial charge in [-0.1, -0.05) is 0 Å². The van der Waals surface area contributed by atoms with Crippen molar-refractivity contribution in [2.75, 3.05) is 0 Å². The number of amides is 1. The number of aromatic nitrogens is 1. The molecule has 5 N–H and O–H groups in total. The van der Waals surface area contributed by atoms with E-state index in [1.807, 2.05) is 91.0 Å². The van der Waals surface area contributed by atoms with E-state index in [2.05, 4.69) is 4.98 Å². The van der Waals surface area contributed by atoms with E-state index < -0.39 is 41.8 Å². The zero-order valence-corrected chi connectivity index (χ0v) is 20.9. The van der Waals surface area contributed by atoms with Gasteiger partial charge in [0.1, 0.15) is 0 Å². The molecular weight excluding hydrogens is 523 g/mol. The van der Waals surface area contributed by atoms with Crippen molar-refractivity contribution < 1.29 is 24.9 Å². The van der Waals surface area contributed by atoms with Crippen LogP contribution in [0, 0.1) is 0 Å². The molecule has 2 heterocycles. The van der Waals surface area contributed by atoms with Gasteiger partial charge in [0.15, 0.2) is 0 Å². The summed E-state index contributed by atoms with van der Waals surface area (Å²) in [6, 6.07) is 28.7. The molecule has 8 heteroatoms. The molecule has 1 amide bonds. The van der Waals surface area contributed by atoms with Crippen LogP contribution >= 0.6 is 0 Å². The number of ether oxygens (including phenoxy) is 1. The van der Waals surface area contributed by atoms with E-state index >= 15 is 0 Å². The van der Waals surface area contributed by atoms with Crippen LogP contribution in [0.5, 0.6) is 0 Å². The minimum absolute atomic E-state index is 0.117. The Morgan fingerprint density at radius 1 is 0.861 bits per heavy atom. The van der Waals surface area contributed by atoms with Gasteiger partial charge in [-0.15, -0.1) is 0 Å². The molecule has 1 aliphatic rings. The standard InChI is InChI=1S/C28H26N2O5Se/c29-26(34)20-16-36-27(30-20)24-22(32)21(31)23(35-24)25(33)28(17-10-4-1-5-11-17,18-12-6-2-7-13-18)19-14-8-3-9-15-19/h1-16,21-25,31-33H,(H2,29,34)/t21-,22+,23-,24+,25?/m0/s1. The number of nitrogens with two attached hydrogens (primary N) is 1. The fraction of sp³-hybridized carbons (Fsp3) is 0.214. The fourth-order valence-electron chi connectivity index (χ4n) is 5.06. The average Bonchev–Trinajstić information content (AvgIpc) is 3.52. The Bertz CT molecular complexity index is 1220. The number of benzene rings is 3. The molecule has 0 spiro atoms. The molecule has 184 valence electrons. The van der Waals surface area contributed by atoms with Gasteiger partial charge in [-0.05, 0) is 0 Å². The second-order valence-corrected chi connectivity index (χ2v) is 10.7. The molecule has 1 saturated heterocycles. The predicted octanol–water partition coefficient (Wildman–Crippen LogP) is 1.79. The number of aliphatic hydroxyl groups is 3. The van der Waals surface area contributed by atoms with Crippen LogP contribution in [-0.4, -0.2) is 65.1 Å². The van der Waals surface area contributed by atoms with Gasteiger partial charge < -0.3 is 0 Å². The number of primary amides is 1. The zero-order chi connectivity index (χ0) is 25.3. The van der Waals surface area contributed by atoms with Crippen LogP contribution in [-0.2, 0) is 10.2 Å². The molecule has 4 aromatic rings. The van der Waals surface area contributed by atoms with Crippen molar-refractivity contribution in [3.8, 4) is 0 Å². The quantitative estimate of drug-likeness (QED) is 0.206. The van der Waals surface area contributed by atoms with E-state index in [-0.39, 0.29) is 20.2 Å². The van der Waals surface area contributed by atoms with Gasteiger partial charge in [0, 0.05) is 0 Å². The molecule has 1 aromatic heterocycles. The molecule has 5 atom stereocenters. The summed E-state index contributed by atoms with van der Waals surface area (Å²) >= 11 is -0.370. The maximum absolute atomic E-state index is 12.2. The third kappa shape index (κ3) is 4.12. The molecular formula is C28H26N2O5Se. The SMILES string of the molecule is NC(=O)c1c[se]c([C@@H]2O[C@H](C(O)C(c3ccccc3)(c3ccccc3)c3ccccc3)[C@@H](O)[C@H]2O)n1. The summed E-state index contributed by atoms with van der Waals surface area (Å²) in [5.74, 6) is -0.659. The maximum atomic E-state index is 12.2. The summed E-state index contributed by atoms with van der Waals surface area (Å²) in [4.78, 5) is 17.4. The fourth-order valence-corrected chi connectivity index (χ4v) is 6.91. The Hall–Kier alpha value is -3.10. The summed E-state index contributed by atoms with van der Waals surface area (Å²) < 4.78 is 6.63. The van der Waals surface area contributed by atoms with Crippen LogP contribution in [0.3, 0.4) is 0 Å². The van der Waals surface area contributed by atoms with Gasteiger partial charge in [0.2, 0.25) is 0 Å². The summed E-state index contributed by atoms with van der Waals surface area (Å²) in [7, 11) is 0. The van der Waals surface area contributed by atoms with E-state index in [0.717, 1.165) is 16.7 Å². The molecule has 0 radical (unpaired) electrons. The topological polar surface area (TPSA) is 126 Å². The van der Waals surface area contributed by atoms with Crippen LogP contribution in [0.25, 0.3) is 0 Å². The summed E-state index contributed by atoms with van der Waals surface area (Å²) in [6.45, 7) is 0. The van der Waals surface area contributed by atoms with Gasteiger partial charge in [-0.3, -0.25) is 0 Å². The molecule has 36 heavy (non-hydrogen) atoms. The van der Waals surface area contributed by atoms with Crippen molar-refractivity contribution in [2.45, 2.75) is 35.9 Å². The van der Waals surface area contributed by atoms with E-state index in [0.29, 0.717) is 4.57 Å². The van der Waals surface area contributed by atoms with Gasteiger partial charge in [-0.2, -0.15) is 0 Å². The number of nitrogens with zero attached hydrogens (tertiary/aromatic N) is 1. The first-order valence-corrected chi connectivity index (χ1v) is 13.4. The summed E-state index contributed by atoms with van der Waals surface area (Å²) in [6.07, 6.45) is -6.13. The van der Waals surface area contributed by atoms with Crippen molar-refractivity contribution in [3.05, 3.63) is 123 Å². The van der Waals surface area contributed by atoms with Gasteiger partial charge in [0.25, 0.3) is 0 Å². The average molecular weight is 549 g/mol. The normalized spacial score (nSPS) is 22.9. The molecule has 0 bridgehead atoms. The molecule has 3 aromatic carbocycles. The Labute approximate surface area is 214 Å². The zero-order valence-electron chi connectivity index (χ0n) is 19.2. The molecule has 5 rings (SSSR count). The van der Waals surface area contributed by atoms with E-state index in [4.69, 9.17) is 10.5 Å². The van der Waals surface area contributed by atoms with Crippen molar-refractivity contribution in [1.29, 1.82) is 0 Å². The molecule has 1 unspecified atom stereocenters. The van der Waals surface area contributed by atoms with Crippen molar-refractivity contribution in [2.24, 2.45) is 5.73 Å². The Kier molecular flexibility index (Phi) is 6.90. The Morgan fingerprint density at radius 3 is 1.75 bits per heavy atom. The number of carbonyl (C=O) groups excluding carboxylic acids is 1. The predicted molar refractivity (Wildman–Crippen MR) is 135 cm³/mol. The van der Waals surface area contributed by atoms with Crippen molar-refractivity contribution >= 4 is 20.4 Å². The van der Waals surface area contributed by atoms with Crippen LogP contribution in [0.15, 0.2) is 95.9 Å². The third-order valence-corrected chi connectivity index (χ3v) is 8.66. The number of hydrogen-bond donors (Lipinski definition) is 4. The monoisotopic (exact) mass is 550 g/mol. The second-order valence-electron chi connectivity index (χ2n) is 8.79. The van der Waals surface area contributed by atoms with E-state index in [1.54, 1.807) is 4.94 Å². The van der Waals surface area contributed by atoms with Crippen LogP contribution in [0.4, 0.5) is 0 Å². The molecule has 1 fully saturated rings. The number of carbonyl (C=O) groups is 1. The van der Waals surface area contributed by atoms with Gasteiger partial charge >= 0.3 is 215 Å². The molecule has 0 aliphatic carbocycles. The first kappa shape index (κ1) is 24.6. The van der Waals surface area contributed by atoms with Crippen LogP contribution in [0.2, 0.25) is 0 Å². The van der Waals surface area contributed by atoms with Gasteiger partial charge in [-0.25, -0.2) is 0 Å². The first-order chi connectivity index (χ1) is 17.4. The Balaban J connectivity index is 1.65. The second kappa shape index (κ2) is 10.1.